The van der Waals surface area contributed by atoms with Crippen molar-refractivity contribution < 1.29 is 45.4 Å². The monoisotopic (exact) mass is 982 g/mol. The lowest BCUT2D eigenvalue weighted by Crippen LogP contribution is -2.47. The zero-order chi connectivity index (χ0) is 48.6. The number of pyridine rings is 1. The molecule has 3 heterocycles. The number of halogens is 4. The van der Waals surface area contributed by atoms with Gasteiger partial charge < -0.3 is 14.4 Å². The van der Waals surface area contributed by atoms with Crippen LogP contribution in [0.15, 0.2) is 67.1 Å². The van der Waals surface area contributed by atoms with E-state index in [1.807, 2.05) is 24.4 Å². The third-order valence-corrected chi connectivity index (χ3v) is 16.9. The molecule has 1 saturated heterocycles. The van der Waals surface area contributed by atoms with Crippen molar-refractivity contribution >= 4 is 61.5 Å². The van der Waals surface area contributed by atoms with Crippen molar-refractivity contribution in [3.05, 3.63) is 94.5 Å². The van der Waals surface area contributed by atoms with E-state index < -0.39 is 73.5 Å². The van der Waals surface area contributed by atoms with Gasteiger partial charge in [-0.15, -0.1) is 24.5 Å². The lowest BCUT2D eigenvalue weighted by molar-refractivity contribution is -0.142. The first kappa shape index (κ1) is 50.1. The van der Waals surface area contributed by atoms with Crippen LogP contribution >= 0.6 is 22.9 Å². The van der Waals surface area contributed by atoms with Crippen LogP contribution in [-0.4, -0.2) is 71.4 Å². The van der Waals surface area contributed by atoms with E-state index in [4.69, 9.17) is 31.0 Å². The third-order valence-electron chi connectivity index (χ3n) is 13.7. The van der Waals surface area contributed by atoms with Gasteiger partial charge in [0.25, 0.3) is 0 Å². The molecule has 2 aromatic carbocycles. The Hall–Kier alpha value is -4.80. The minimum Gasteiger partial charge on any atom is -0.496 e. The zero-order valence-electron chi connectivity index (χ0n) is 38.5. The fourth-order valence-electron chi connectivity index (χ4n) is 9.11. The number of aromatic nitrogens is 2. The van der Waals surface area contributed by atoms with Gasteiger partial charge in [0.2, 0.25) is 21.8 Å². The number of carbonyl (C=O) groups excluding carboxylic acids is 3. The summed E-state index contributed by atoms with van der Waals surface area (Å²) < 4.78 is 82.2. The highest BCUT2D eigenvalue weighted by atomic mass is 35.5. The summed E-state index contributed by atoms with van der Waals surface area (Å²) in [5, 5.41) is 3.18. The van der Waals surface area contributed by atoms with Crippen LogP contribution < -0.4 is 14.2 Å². The number of hydrogen-bond donors (Lipinski definition) is 1. The Balaban J connectivity index is 1.26. The van der Waals surface area contributed by atoms with Crippen molar-refractivity contribution in [2.45, 2.75) is 127 Å². The van der Waals surface area contributed by atoms with Gasteiger partial charge in [-0.25, -0.2) is 18.4 Å². The van der Waals surface area contributed by atoms with E-state index in [-0.39, 0.29) is 48.7 Å². The molecule has 2 aliphatic carbocycles. The Bertz CT molecular complexity index is 2680. The summed E-state index contributed by atoms with van der Waals surface area (Å²) in [6.07, 6.45) is 1.61. The molecule has 7 rings (SSSR count). The van der Waals surface area contributed by atoms with Gasteiger partial charge in [0.05, 0.1) is 46.6 Å². The number of ether oxygens (including phenoxy) is 2. The topological polar surface area (TPSA) is 145 Å². The lowest BCUT2D eigenvalue weighted by Gasteiger charge is -2.29. The maximum Gasteiger partial charge on any atom is 0.416 e. The smallest absolute Gasteiger partial charge is 0.416 e. The fraction of sp³-hybridized carbons (Fsp3) is 0.500. The summed E-state index contributed by atoms with van der Waals surface area (Å²) in [5.41, 5.74) is 0.703. The molecule has 0 unspecified atom stereocenters. The van der Waals surface area contributed by atoms with Crippen LogP contribution in [0.3, 0.4) is 0 Å². The second-order valence-electron chi connectivity index (χ2n) is 18.9. The summed E-state index contributed by atoms with van der Waals surface area (Å²) in [4.78, 5) is 55.3. The van der Waals surface area contributed by atoms with Crippen LogP contribution in [0.2, 0.25) is 5.02 Å². The molecule has 4 aromatic rings. The SMILES string of the molecule is C=CCCCCC[C@H](Cc1cc(Cl)cc(C(F)(F)F)c1)C(=O)N1C[C@H](Oc2cc(-c3nc(C(C)C)cs3)nc3c(C)c(OC)ccc23)C[C@H]1C(=O)C[C@]1(C(=O)NS(=O)(=O)C2(C)CC2)C[C@H]1C=C. The van der Waals surface area contributed by atoms with E-state index in [9.17, 15) is 31.2 Å². The molecule has 1 aliphatic heterocycles. The Kier molecular flexibility index (Phi) is 14.7. The predicted octanol–water partition coefficient (Wildman–Crippen LogP) is 11.0. The van der Waals surface area contributed by atoms with Crippen LogP contribution in [0.1, 0.15) is 113 Å². The van der Waals surface area contributed by atoms with E-state index in [1.54, 1.807) is 32.3 Å². The number of nitrogens with zero attached hydrogens (tertiary/aromatic N) is 3. The number of Topliss-reactive ketones (excluding diaryl/α,β-unsaturated/α-hetero) is 1. The number of methoxy groups -OCH3 is 1. The van der Waals surface area contributed by atoms with Gasteiger partial charge >= 0.3 is 6.18 Å². The Morgan fingerprint density at radius 2 is 1.82 bits per heavy atom. The zero-order valence-corrected chi connectivity index (χ0v) is 40.9. The number of unbranched alkanes of at least 4 members (excludes halogenated alkanes) is 3. The lowest BCUT2D eigenvalue weighted by atomic mass is 9.89. The van der Waals surface area contributed by atoms with Crippen molar-refractivity contribution in [3.63, 3.8) is 0 Å². The van der Waals surface area contributed by atoms with Gasteiger partial charge in [-0.3, -0.25) is 19.1 Å². The Labute approximate surface area is 399 Å². The van der Waals surface area contributed by atoms with Gasteiger partial charge in [-0.2, -0.15) is 13.2 Å². The number of allylic oxidation sites excluding steroid dienone is 2. The number of hydrogen-bond acceptors (Lipinski definition) is 10. The molecule has 17 heteroatoms. The van der Waals surface area contributed by atoms with Gasteiger partial charge in [0, 0.05) is 46.2 Å². The van der Waals surface area contributed by atoms with Crippen LogP contribution in [-0.2, 0) is 37.0 Å². The maximum atomic E-state index is 15.2. The molecule has 0 bridgehead atoms. The summed E-state index contributed by atoms with van der Waals surface area (Å²) in [6.45, 7) is 15.1. The highest BCUT2D eigenvalue weighted by Crippen LogP contribution is 2.57. The summed E-state index contributed by atoms with van der Waals surface area (Å²) >= 11 is 7.67. The number of alkyl halides is 3. The fourth-order valence-corrected chi connectivity index (χ4v) is 11.6. The average Bonchev–Trinajstić information content (AvgIpc) is 4.06. The van der Waals surface area contributed by atoms with Gasteiger partial charge in [0.15, 0.2) is 5.78 Å². The third kappa shape index (κ3) is 10.8. The Morgan fingerprint density at radius 1 is 1.07 bits per heavy atom. The van der Waals surface area contributed by atoms with Crippen LogP contribution in [0, 0.1) is 24.2 Å². The van der Waals surface area contributed by atoms with E-state index in [1.165, 1.54) is 22.3 Å². The molecule has 360 valence electrons. The van der Waals surface area contributed by atoms with E-state index in [0.29, 0.717) is 58.8 Å². The number of thiazole rings is 1. The summed E-state index contributed by atoms with van der Waals surface area (Å²) in [7, 11) is -2.47. The number of nitrogens with one attached hydrogen (secondary N) is 1. The highest BCUT2D eigenvalue weighted by molar-refractivity contribution is 7.91. The van der Waals surface area contributed by atoms with Crippen molar-refractivity contribution in [2.75, 3.05) is 13.7 Å². The number of aryl methyl sites for hydroxylation is 1. The second kappa shape index (κ2) is 19.7. The molecule has 0 radical (unpaired) electrons. The van der Waals surface area contributed by atoms with E-state index >= 15 is 4.79 Å². The number of amides is 2. The van der Waals surface area contributed by atoms with Crippen LogP contribution in [0.4, 0.5) is 13.2 Å². The van der Waals surface area contributed by atoms with E-state index in [2.05, 4.69) is 31.7 Å². The van der Waals surface area contributed by atoms with Crippen molar-refractivity contribution in [1.82, 2.24) is 19.6 Å². The summed E-state index contributed by atoms with van der Waals surface area (Å²) in [6, 6.07) is 7.57. The quantitative estimate of drug-likeness (QED) is 0.0637. The average molecular weight is 984 g/mol. The first-order valence-electron chi connectivity index (χ1n) is 22.7. The predicted molar refractivity (Wildman–Crippen MR) is 255 cm³/mol. The number of likely N-dealkylation sites (tertiary alicyclic amines) is 1. The summed E-state index contributed by atoms with van der Waals surface area (Å²) in [5.74, 6) is -1.84. The molecule has 67 heavy (non-hydrogen) atoms. The normalized spacial score (nSPS) is 21.5. The van der Waals surface area contributed by atoms with E-state index in [0.717, 1.165) is 42.7 Å². The molecule has 5 atom stereocenters. The standard InChI is InChI=1S/C50H58ClF3N4O7S2/c1-8-10-11-12-13-14-32(19-31-20-34(50(52,53)54)22-35(51)21-31)46(60)58-27-36(23-40(58)41(59)26-49(25-33(49)9-2)47(61)57-67(62,63)48(6)17-18-48)65-43-24-38(45-56-39(28-66-45)29(3)4)55-44-30(5)42(64-7)16-15-37(43)44/h8-9,15-16,20-22,24,28-29,32-33,36,40H,1-2,10-14,17-19,23,25-27H2,3-7H3,(H,57,61)/t32-,33-,36-,40+,49-/m1/s1. The number of benzene rings is 2. The number of sulfonamides is 1. The van der Waals surface area contributed by atoms with Crippen LogP contribution in [0.25, 0.3) is 21.6 Å². The largest absolute Gasteiger partial charge is 0.496 e. The number of carbonyl (C=O) groups is 3. The van der Waals surface area contributed by atoms with Crippen molar-refractivity contribution in [3.8, 4) is 22.2 Å². The minimum absolute atomic E-state index is 0.0157. The van der Waals surface area contributed by atoms with Gasteiger partial charge in [0.1, 0.15) is 28.3 Å². The number of rotatable bonds is 21. The number of ketones is 1. The molecule has 3 aliphatic rings. The molecule has 2 saturated carbocycles. The second-order valence-corrected chi connectivity index (χ2v) is 22.4. The highest BCUT2D eigenvalue weighted by Gasteiger charge is 2.62. The molecular formula is C50H58ClF3N4O7S2. The van der Waals surface area contributed by atoms with Gasteiger partial charge in [-0.05, 0) is 107 Å². The van der Waals surface area contributed by atoms with Crippen molar-refractivity contribution in [2.24, 2.45) is 17.3 Å². The molecule has 1 N–H and O–H groups in total. The molecule has 11 nitrogen and oxygen atoms in total. The molecule has 0 spiro atoms. The Morgan fingerprint density at radius 3 is 2.45 bits per heavy atom. The molecule has 2 amide bonds. The van der Waals surface area contributed by atoms with Crippen molar-refractivity contribution in [1.29, 1.82) is 0 Å². The molecular weight excluding hydrogens is 925 g/mol. The number of fused-ring (bicyclic) bond motifs is 1. The minimum atomic E-state index is -4.68. The molecule has 3 fully saturated rings. The first-order valence-corrected chi connectivity index (χ1v) is 25.5. The molecule has 2 aromatic heterocycles. The van der Waals surface area contributed by atoms with Gasteiger partial charge in [-0.1, -0.05) is 50.4 Å². The first-order chi connectivity index (χ1) is 31.6. The van der Waals surface area contributed by atoms with Crippen LogP contribution in [0.5, 0.6) is 11.5 Å². The maximum absolute atomic E-state index is 15.2.